The Bertz CT molecular complexity index is 2220. The van der Waals surface area contributed by atoms with Gasteiger partial charge >= 0.3 is 0 Å². The summed E-state index contributed by atoms with van der Waals surface area (Å²) in [6.07, 6.45) is 6.31. The molecule has 2 aliphatic rings. The second-order valence-electron chi connectivity index (χ2n) is 10.9. The lowest BCUT2D eigenvalue weighted by Gasteiger charge is -2.11. The van der Waals surface area contributed by atoms with Crippen LogP contribution in [0, 0.1) is 0 Å². The van der Waals surface area contributed by atoms with E-state index in [1.807, 2.05) is 0 Å². The van der Waals surface area contributed by atoms with Crippen LogP contribution in [-0.4, -0.2) is 19.9 Å². The van der Waals surface area contributed by atoms with Gasteiger partial charge in [-0.1, -0.05) is 91.0 Å². The number of allylic oxidation sites excluding steroid dienone is 1. The van der Waals surface area contributed by atoms with E-state index in [1.54, 1.807) is 0 Å². The molecular weight excluding hydrogens is 524 g/mol. The first-order chi connectivity index (χ1) is 21.2. The first-order valence-electron chi connectivity index (χ1n) is 14.5. The Labute approximate surface area is 249 Å². The van der Waals surface area contributed by atoms with Crippen molar-refractivity contribution in [1.82, 2.24) is 19.9 Å². The van der Waals surface area contributed by atoms with Gasteiger partial charge in [0.15, 0.2) is 0 Å². The van der Waals surface area contributed by atoms with Gasteiger partial charge in [-0.2, -0.15) is 0 Å². The van der Waals surface area contributed by atoms with Crippen LogP contribution in [-0.2, 0) is 0 Å². The quantitative estimate of drug-likeness (QED) is 0.229. The number of hydrogen-bond acceptors (Lipinski definition) is 2. The van der Waals surface area contributed by atoms with E-state index >= 15 is 0 Å². The average Bonchev–Trinajstić information content (AvgIpc) is 3.83. The van der Waals surface area contributed by atoms with Crippen molar-refractivity contribution in [2.24, 2.45) is 0 Å². The fourth-order valence-electron chi connectivity index (χ4n) is 6.10. The normalized spacial score (nSPS) is 12.3. The molecule has 4 nitrogen and oxygen atoms in total. The molecule has 3 aromatic carbocycles. The number of aromatic amines is 2. The lowest BCUT2D eigenvalue weighted by atomic mass is 9.92. The summed E-state index contributed by atoms with van der Waals surface area (Å²) in [4.78, 5) is 17.6. The van der Waals surface area contributed by atoms with Crippen molar-refractivity contribution in [1.29, 1.82) is 0 Å². The van der Waals surface area contributed by atoms with Gasteiger partial charge < -0.3 is 9.97 Å². The van der Waals surface area contributed by atoms with E-state index in [1.165, 1.54) is 0 Å². The van der Waals surface area contributed by atoms with E-state index in [-0.39, 0.29) is 0 Å². The van der Waals surface area contributed by atoms with Gasteiger partial charge in [0, 0.05) is 33.2 Å². The number of nitrogens with one attached hydrogen (secondary N) is 2. The summed E-state index contributed by atoms with van der Waals surface area (Å²) in [5.74, 6) is 0. The maximum Gasteiger partial charge on any atom is 0.0766 e. The molecule has 0 unspecified atom stereocenters. The standard InChI is InChI=1S/C39H28N4/c1-25-21-33-23-31-18-17-29(40-31)22-30-19-20-32(41-30)24-34-35(26-11-5-2-6-12-26)36(27-13-7-3-8-14-27)39(43-34)37(38(25)42-33)28-15-9-4-10-16-28/h2-24,40,43H,1H3. The van der Waals surface area contributed by atoms with E-state index in [0.29, 0.717) is 0 Å². The number of benzene rings is 3. The summed E-state index contributed by atoms with van der Waals surface area (Å²) in [5.41, 5.74) is 15.6. The number of fused-ring (bicyclic) bond motifs is 8. The van der Waals surface area contributed by atoms with Gasteiger partial charge in [0.1, 0.15) is 0 Å². The number of rotatable bonds is 3. The molecule has 0 aliphatic carbocycles. The van der Waals surface area contributed by atoms with Gasteiger partial charge in [0.05, 0.1) is 28.3 Å². The Kier molecular flexibility index (Phi) is 5.97. The van der Waals surface area contributed by atoms with Crippen LogP contribution in [0.2, 0.25) is 0 Å². The highest BCUT2D eigenvalue weighted by Gasteiger charge is 2.22. The van der Waals surface area contributed by atoms with Crippen molar-refractivity contribution < 1.29 is 0 Å². The Morgan fingerprint density at radius 1 is 0.488 bits per heavy atom. The van der Waals surface area contributed by atoms with Crippen molar-refractivity contribution in [3.63, 3.8) is 0 Å². The maximum atomic E-state index is 5.25. The number of hydrogen-bond donors (Lipinski definition) is 2. The Balaban J connectivity index is 1.63. The largest absolute Gasteiger partial charge is 0.355 e. The molecule has 8 bridgehead atoms. The Morgan fingerprint density at radius 2 is 1.02 bits per heavy atom. The fourth-order valence-corrected chi connectivity index (χ4v) is 6.10. The molecule has 2 aliphatic heterocycles. The molecule has 0 spiro atoms. The van der Waals surface area contributed by atoms with Gasteiger partial charge in [-0.3, -0.25) is 0 Å². The van der Waals surface area contributed by atoms with Crippen LogP contribution >= 0.6 is 0 Å². The molecule has 0 fully saturated rings. The van der Waals surface area contributed by atoms with E-state index in [9.17, 15) is 0 Å². The van der Waals surface area contributed by atoms with Crippen molar-refractivity contribution >= 4 is 45.9 Å². The second kappa shape index (κ2) is 10.3. The molecule has 5 heterocycles. The molecule has 6 aromatic rings. The minimum absolute atomic E-state index is 0.896. The molecule has 0 amide bonds. The summed E-state index contributed by atoms with van der Waals surface area (Å²) < 4.78 is 0. The summed E-state index contributed by atoms with van der Waals surface area (Å²) in [7, 11) is 0. The molecular formula is C39H28N4. The monoisotopic (exact) mass is 552 g/mol. The van der Waals surface area contributed by atoms with Gasteiger partial charge in [-0.15, -0.1) is 0 Å². The fraction of sp³-hybridized carbons (Fsp3) is 0.0256. The molecule has 3 aromatic heterocycles. The van der Waals surface area contributed by atoms with Gasteiger partial charge in [0.2, 0.25) is 0 Å². The molecule has 2 N–H and O–H groups in total. The molecule has 204 valence electrons. The predicted molar refractivity (Wildman–Crippen MR) is 180 cm³/mol. The molecule has 4 heteroatoms. The summed E-state index contributed by atoms with van der Waals surface area (Å²) in [5, 5.41) is 0. The highest BCUT2D eigenvalue weighted by atomic mass is 14.8. The van der Waals surface area contributed by atoms with Crippen LogP contribution in [0.3, 0.4) is 0 Å². The smallest absolute Gasteiger partial charge is 0.0766 e. The van der Waals surface area contributed by atoms with Gasteiger partial charge in [-0.25, -0.2) is 9.97 Å². The highest BCUT2D eigenvalue weighted by molar-refractivity contribution is 6.09. The third-order valence-corrected chi connectivity index (χ3v) is 8.00. The molecule has 43 heavy (non-hydrogen) atoms. The first-order valence-corrected chi connectivity index (χ1v) is 14.5. The van der Waals surface area contributed by atoms with E-state index < -0.39 is 0 Å². The van der Waals surface area contributed by atoms with Crippen LogP contribution in [0.25, 0.3) is 79.2 Å². The van der Waals surface area contributed by atoms with Crippen LogP contribution in [0.1, 0.15) is 29.7 Å². The Morgan fingerprint density at radius 3 is 1.65 bits per heavy atom. The highest BCUT2D eigenvalue weighted by Crippen LogP contribution is 2.44. The van der Waals surface area contributed by atoms with Gasteiger partial charge in [-0.05, 0) is 77.7 Å². The molecule has 0 radical (unpaired) electrons. The predicted octanol–water partition coefficient (Wildman–Crippen LogP) is 10.0. The lowest BCUT2D eigenvalue weighted by molar-refractivity contribution is 1.30. The van der Waals surface area contributed by atoms with Crippen LogP contribution < -0.4 is 0 Å². The summed E-state index contributed by atoms with van der Waals surface area (Å²) in [6, 6.07) is 42.4. The first kappa shape index (κ1) is 25.0. The lowest BCUT2D eigenvalue weighted by Crippen LogP contribution is -1.89. The van der Waals surface area contributed by atoms with Crippen molar-refractivity contribution in [2.75, 3.05) is 0 Å². The zero-order valence-electron chi connectivity index (χ0n) is 23.7. The number of nitrogens with zero attached hydrogens (tertiary/aromatic N) is 2. The summed E-state index contributed by atoms with van der Waals surface area (Å²) >= 11 is 0. The van der Waals surface area contributed by atoms with Crippen molar-refractivity contribution in [2.45, 2.75) is 6.92 Å². The minimum atomic E-state index is 0.896. The maximum absolute atomic E-state index is 5.25. The molecule has 0 saturated carbocycles. The zero-order valence-corrected chi connectivity index (χ0v) is 23.7. The third-order valence-electron chi connectivity index (χ3n) is 8.00. The summed E-state index contributed by atoms with van der Waals surface area (Å²) in [6.45, 7) is 2.15. The molecule has 8 rings (SSSR count). The SMILES string of the molecule is CC1=Cc2cc3ccc(cc4nc(cc5[nH]c(c(-c6ccccc6)c1n2)c(-c1ccccc1)c5-c1ccccc1)C=C4)[nH]3. The topological polar surface area (TPSA) is 57.4 Å². The van der Waals surface area contributed by atoms with E-state index in [2.05, 4.69) is 156 Å². The number of H-pyrrole nitrogens is 2. The molecule has 0 saturated heterocycles. The molecule has 0 atom stereocenters. The van der Waals surface area contributed by atoms with E-state index in [0.717, 1.165) is 83.8 Å². The third kappa shape index (κ3) is 4.59. The van der Waals surface area contributed by atoms with Crippen molar-refractivity contribution in [3.05, 3.63) is 144 Å². The number of aromatic nitrogens is 4. The van der Waals surface area contributed by atoms with Crippen LogP contribution in [0.4, 0.5) is 0 Å². The second-order valence-corrected chi connectivity index (χ2v) is 10.9. The van der Waals surface area contributed by atoms with Gasteiger partial charge in [0.25, 0.3) is 0 Å². The average molecular weight is 553 g/mol. The van der Waals surface area contributed by atoms with Crippen LogP contribution in [0.5, 0.6) is 0 Å². The minimum Gasteiger partial charge on any atom is -0.355 e. The zero-order chi connectivity index (χ0) is 28.8. The van der Waals surface area contributed by atoms with E-state index in [4.69, 9.17) is 9.97 Å². The van der Waals surface area contributed by atoms with Crippen LogP contribution in [0.15, 0.2) is 121 Å². The van der Waals surface area contributed by atoms with Crippen molar-refractivity contribution in [3.8, 4) is 33.4 Å². The Hall–Kier alpha value is -5.74.